The second-order valence-electron chi connectivity index (χ2n) is 6.06. The third-order valence-electron chi connectivity index (χ3n) is 4.03. The standard InChI is InChI=1S/C17H20N2O/c1-12-7-13(2)10-19(9-12)17-15(11-20)8-14-5-3-4-6-16(14)18-17/h3-6,8,11-13H,7,9-10H2,1-2H3/t12-,13-/m0/s1. The third-order valence-corrected chi connectivity index (χ3v) is 4.03. The van der Waals surface area contributed by atoms with E-state index in [1.807, 2.05) is 30.3 Å². The number of carbonyl (C=O) groups excluding carboxylic acids is 1. The SMILES string of the molecule is C[C@H]1C[C@H](C)CN(c2nc3ccccc3cc2C=O)C1. The summed E-state index contributed by atoms with van der Waals surface area (Å²) in [5.74, 6) is 2.13. The van der Waals surface area contributed by atoms with Crippen LogP contribution in [0.2, 0.25) is 0 Å². The van der Waals surface area contributed by atoms with Crippen LogP contribution < -0.4 is 4.90 Å². The number of hydrogen-bond acceptors (Lipinski definition) is 3. The molecule has 3 heteroatoms. The van der Waals surface area contributed by atoms with Crippen molar-refractivity contribution in [3.63, 3.8) is 0 Å². The topological polar surface area (TPSA) is 33.2 Å². The molecule has 104 valence electrons. The van der Waals surface area contributed by atoms with Gasteiger partial charge in [0, 0.05) is 18.5 Å². The van der Waals surface area contributed by atoms with Crippen LogP contribution in [-0.2, 0) is 0 Å². The number of piperidine rings is 1. The molecule has 0 unspecified atom stereocenters. The van der Waals surface area contributed by atoms with E-state index < -0.39 is 0 Å². The Morgan fingerprint density at radius 1 is 1.20 bits per heavy atom. The second-order valence-corrected chi connectivity index (χ2v) is 6.06. The summed E-state index contributed by atoms with van der Waals surface area (Å²) in [6.07, 6.45) is 2.18. The lowest BCUT2D eigenvalue weighted by atomic mass is 9.91. The zero-order valence-electron chi connectivity index (χ0n) is 12.0. The third kappa shape index (κ3) is 2.40. The van der Waals surface area contributed by atoms with Gasteiger partial charge < -0.3 is 4.90 Å². The van der Waals surface area contributed by atoms with Crippen LogP contribution in [0.25, 0.3) is 10.9 Å². The van der Waals surface area contributed by atoms with Crippen molar-refractivity contribution in [3.8, 4) is 0 Å². The average molecular weight is 268 g/mol. The highest BCUT2D eigenvalue weighted by molar-refractivity contribution is 5.91. The van der Waals surface area contributed by atoms with Gasteiger partial charge in [0.1, 0.15) is 5.82 Å². The number of rotatable bonds is 2. The highest BCUT2D eigenvalue weighted by Gasteiger charge is 2.24. The van der Waals surface area contributed by atoms with Crippen LogP contribution in [0.5, 0.6) is 0 Å². The Balaban J connectivity index is 2.07. The molecule has 0 spiro atoms. The zero-order valence-corrected chi connectivity index (χ0v) is 12.0. The van der Waals surface area contributed by atoms with Gasteiger partial charge in [-0.05, 0) is 30.4 Å². The fraction of sp³-hybridized carbons (Fsp3) is 0.412. The number of benzene rings is 1. The maximum atomic E-state index is 11.4. The van der Waals surface area contributed by atoms with Gasteiger partial charge in [0.25, 0.3) is 0 Å². The highest BCUT2D eigenvalue weighted by Crippen LogP contribution is 2.28. The number of aromatic nitrogens is 1. The molecule has 0 N–H and O–H groups in total. The number of para-hydroxylation sites is 1. The molecule has 0 aliphatic carbocycles. The summed E-state index contributed by atoms with van der Waals surface area (Å²) in [7, 11) is 0. The fourth-order valence-electron chi connectivity index (χ4n) is 3.30. The molecule has 0 radical (unpaired) electrons. The molecule has 1 fully saturated rings. The Hall–Kier alpha value is -1.90. The summed E-state index contributed by atoms with van der Waals surface area (Å²) in [5.41, 5.74) is 1.66. The monoisotopic (exact) mass is 268 g/mol. The van der Waals surface area contributed by atoms with Crippen LogP contribution in [0.3, 0.4) is 0 Å². The Kier molecular flexibility index (Phi) is 3.43. The first-order valence-electron chi connectivity index (χ1n) is 7.27. The molecule has 1 aliphatic rings. The van der Waals surface area contributed by atoms with Gasteiger partial charge in [-0.2, -0.15) is 0 Å². The minimum absolute atomic E-state index is 0.645. The van der Waals surface area contributed by atoms with E-state index >= 15 is 0 Å². The molecule has 0 amide bonds. The normalized spacial score (nSPS) is 23.0. The number of fused-ring (bicyclic) bond motifs is 1. The van der Waals surface area contributed by atoms with Crippen molar-refractivity contribution in [2.75, 3.05) is 18.0 Å². The number of nitrogens with zero attached hydrogens (tertiary/aromatic N) is 2. The Bertz CT molecular complexity index is 628. The summed E-state index contributed by atoms with van der Waals surface area (Å²) in [6.45, 7) is 6.50. The molecule has 2 heterocycles. The molecule has 2 aromatic rings. The van der Waals surface area contributed by atoms with Crippen molar-refractivity contribution in [2.45, 2.75) is 20.3 Å². The first-order chi connectivity index (χ1) is 9.67. The van der Waals surface area contributed by atoms with Crippen LogP contribution in [0.1, 0.15) is 30.6 Å². The van der Waals surface area contributed by atoms with E-state index in [1.165, 1.54) is 6.42 Å². The summed E-state index contributed by atoms with van der Waals surface area (Å²) < 4.78 is 0. The maximum absolute atomic E-state index is 11.4. The average Bonchev–Trinajstić information content (AvgIpc) is 2.44. The lowest BCUT2D eigenvalue weighted by Gasteiger charge is -2.36. The molecular weight excluding hydrogens is 248 g/mol. The Labute approximate surface area is 119 Å². The molecule has 1 aliphatic heterocycles. The predicted molar refractivity (Wildman–Crippen MR) is 82.3 cm³/mol. The molecule has 20 heavy (non-hydrogen) atoms. The van der Waals surface area contributed by atoms with Gasteiger partial charge in [-0.15, -0.1) is 0 Å². The number of hydrogen-bond donors (Lipinski definition) is 0. The minimum atomic E-state index is 0.645. The highest BCUT2D eigenvalue weighted by atomic mass is 16.1. The molecule has 1 saturated heterocycles. The van der Waals surface area contributed by atoms with Crippen molar-refractivity contribution in [1.82, 2.24) is 4.98 Å². The van der Waals surface area contributed by atoms with Crippen molar-refractivity contribution in [2.24, 2.45) is 11.8 Å². The summed E-state index contributed by atoms with van der Waals surface area (Å²) in [5, 5.41) is 1.02. The van der Waals surface area contributed by atoms with Gasteiger partial charge in [-0.3, -0.25) is 4.79 Å². The van der Waals surface area contributed by atoms with Crippen molar-refractivity contribution in [3.05, 3.63) is 35.9 Å². The van der Waals surface area contributed by atoms with Crippen LogP contribution in [0, 0.1) is 11.8 Å². The lowest BCUT2D eigenvalue weighted by molar-refractivity contribution is 0.112. The first-order valence-corrected chi connectivity index (χ1v) is 7.27. The molecule has 1 aromatic carbocycles. The quantitative estimate of drug-likeness (QED) is 0.781. The van der Waals surface area contributed by atoms with Gasteiger partial charge in [-0.1, -0.05) is 32.0 Å². The van der Waals surface area contributed by atoms with E-state index in [9.17, 15) is 4.79 Å². The van der Waals surface area contributed by atoms with Gasteiger partial charge >= 0.3 is 0 Å². The van der Waals surface area contributed by atoms with Gasteiger partial charge in [0.05, 0.1) is 11.1 Å². The molecule has 2 atom stereocenters. The number of anilines is 1. The van der Waals surface area contributed by atoms with Crippen LogP contribution >= 0.6 is 0 Å². The minimum Gasteiger partial charge on any atom is -0.355 e. The summed E-state index contributed by atoms with van der Waals surface area (Å²) in [4.78, 5) is 18.4. The molecule has 0 saturated carbocycles. The lowest BCUT2D eigenvalue weighted by Crippen LogP contribution is -2.39. The van der Waals surface area contributed by atoms with E-state index in [1.54, 1.807) is 0 Å². The van der Waals surface area contributed by atoms with E-state index in [2.05, 4.69) is 18.7 Å². The van der Waals surface area contributed by atoms with Crippen molar-refractivity contribution < 1.29 is 4.79 Å². The van der Waals surface area contributed by atoms with Crippen LogP contribution in [0.15, 0.2) is 30.3 Å². The van der Waals surface area contributed by atoms with Crippen LogP contribution in [-0.4, -0.2) is 24.4 Å². The number of pyridine rings is 1. The number of aldehydes is 1. The van der Waals surface area contributed by atoms with Crippen molar-refractivity contribution in [1.29, 1.82) is 0 Å². The Morgan fingerprint density at radius 3 is 2.60 bits per heavy atom. The molecule has 1 aromatic heterocycles. The molecule has 3 rings (SSSR count). The smallest absolute Gasteiger partial charge is 0.153 e. The van der Waals surface area contributed by atoms with Gasteiger partial charge in [0.15, 0.2) is 6.29 Å². The van der Waals surface area contributed by atoms with Crippen LogP contribution in [0.4, 0.5) is 5.82 Å². The van der Waals surface area contributed by atoms with E-state index in [0.717, 1.165) is 36.1 Å². The molecule has 0 bridgehead atoms. The first kappa shape index (κ1) is 13.1. The molecule has 3 nitrogen and oxygen atoms in total. The van der Waals surface area contributed by atoms with E-state index in [4.69, 9.17) is 4.98 Å². The summed E-state index contributed by atoms with van der Waals surface area (Å²) >= 11 is 0. The summed E-state index contributed by atoms with van der Waals surface area (Å²) in [6, 6.07) is 9.92. The number of carbonyl (C=O) groups is 1. The predicted octanol–water partition coefficient (Wildman–Crippen LogP) is 3.53. The zero-order chi connectivity index (χ0) is 14.1. The maximum Gasteiger partial charge on any atom is 0.153 e. The van der Waals surface area contributed by atoms with Gasteiger partial charge in [-0.25, -0.2) is 4.98 Å². The molecular formula is C17H20N2O. The Morgan fingerprint density at radius 2 is 1.90 bits per heavy atom. The van der Waals surface area contributed by atoms with E-state index in [0.29, 0.717) is 17.4 Å². The largest absolute Gasteiger partial charge is 0.355 e. The van der Waals surface area contributed by atoms with E-state index in [-0.39, 0.29) is 0 Å². The second kappa shape index (κ2) is 5.23. The fourth-order valence-corrected chi connectivity index (χ4v) is 3.30. The van der Waals surface area contributed by atoms with Gasteiger partial charge in [0.2, 0.25) is 0 Å². The van der Waals surface area contributed by atoms with Crippen molar-refractivity contribution >= 4 is 23.0 Å².